The van der Waals surface area contributed by atoms with Gasteiger partial charge in [-0.3, -0.25) is 9.69 Å². The number of carbonyl (C=O) groups is 1. The van der Waals surface area contributed by atoms with Crippen LogP contribution in [0.15, 0.2) is 30.3 Å². The van der Waals surface area contributed by atoms with E-state index in [2.05, 4.69) is 35.2 Å². The van der Waals surface area contributed by atoms with Gasteiger partial charge in [0, 0.05) is 13.1 Å². The topological polar surface area (TPSA) is 47.0 Å². The minimum atomic E-state index is -0.766. The Morgan fingerprint density at radius 2 is 1.88 bits per heavy atom. The van der Waals surface area contributed by atoms with Crippen molar-refractivity contribution in [3.05, 3.63) is 35.9 Å². The summed E-state index contributed by atoms with van der Waals surface area (Å²) >= 11 is 0. The standard InChI is InChI=1S/C21H33N3O2/c1-22(2)16-21(26)11-6-12-24(17-21)20(25)15-23-13-9-19(10-14-23)18-7-4-3-5-8-18/h3-5,7-8,19,26H,6,9-17H2,1-2H3. The van der Waals surface area contributed by atoms with Crippen molar-refractivity contribution in [2.45, 2.75) is 37.2 Å². The largest absolute Gasteiger partial charge is 0.387 e. The van der Waals surface area contributed by atoms with Gasteiger partial charge in [0.1, 0.15) is 0 Å². The fourth-order valence-corrected chi connectivity index (χ4v) is 4.48. The zero-order chi connectivity index (χ0) is 18.6. The molecule has 2 fully saturated rings. The van der Waals surface area contributed by atoms with Crippen LogP contribution in [0.1, 0.15) is 37.2 Å². The summed E-state index contributed by atoms with van der Waals surface area (Å²) in [6.07, 6.45) is 3.88. The molecule has 0 spiro atoms. The van der Waals surface area contributed by atoms with Crippen LogP contribution in [0.25, 0.3) is 0 Å². The van der Waals surface area contributed by atoms with Gasteiger partial charge in [-0.25, -0.2) is 0 Å². The van der Waals surface area contributed by atoms with E-state index in [0.29, 0.717) is 25.6 Å². The van der Waals surface area contributed by atoms with E-state index in [-0.39, 0.29) is 5.91 Å². The zero-order valence-corrected chi connectivity index (χ0v) is 16.2. The number of likely N-dealkylation sites (N-methyl/N-ethyl adjacent to an activating group) is 1. The van der Waals surface area contributed by atoms with Gasteiger partial charge in [-0.2, -0.15) is 0 Å². The highest BCUT2D eigenvalue weighted by atomic mass is 16.3. The molecule has 144 valence electrons. The first-order valence-electron chi connectivity index (χ1n) is 9.87. The van der Waals surface area contributed by atoms with E-state index in [1.165, 1.54) is 5.56 Å². The van der Waals surface area contributed by atoms with Gasteiger partial charge in [0.15, 0.2) is 0 Å². The van der Waals surface area contributed by atoms with E-state index in [1.807, 2.05) is 23.9 Å². The molecule has 1 unspecified atom stereocenters. The number of benzene rings is 1. The van der Waals surface area contributed by atoms with E-state index >= 15 is 0 Å². The highest BCUT2D eigenvalue weighted by Crippen LogP contribution is 2.28. The molecule has 1 amide bonds. The summed E-state index contributed by atoms with van der Waals surface area (Å²) in [5.41, 5.74) is 0.654. The number of nitrogens with zero attached hydrogens (tertiary/aromatic N) is 3. The molecule has 3 rings (SSSR count). The molecule has 2 aliphatic heterocycles. The monoisotopic (exact) mass is 359 g/mol. The zero-order valence-electron chi connectivity index (χ0n) is 16.2. The number of hydrogen-bond donors (Lipinski definition) is 1. The van der Waals surface area contributed by atoms with Gasteiger partial charge in [0.05, 0.1) is 18.7 Å². The molecule has 0 radical (unpaired) electrons. The number of amides is 1. The van der Waals surface area contributed by atoms with E-state index < -0.39 is 5.60 Å². The number of aliphatic hydroxyl groups is 1. The van der Waals surface area contributed by atoms with Gasteiger partial charge < -0.3 is 14.9 Å². The van der Waals surface area contributed by atoms with Crippen molar-refractivity contribution in [3.8, 4) is 0 Å². The van der Waals surface area contributed by atoms with Crippen molar-refractivity contribution in [2.24, 2.45) is 0 Å². The molecular formula is C21H33N3O2. The smallest absolute Gasteiger partial charge is 0.236 e. The minimum absolute atomic E-state index is 0.167. The maximum Gasteiger partial charge on any atom is 0.236 e. The van der Waals surface area contributed by atoms with Crippen LogP contribution in [0.2, 0.25) is 0 Å². The molecule has 1 aromatic rings. The molecule has 1 aromatic carbocycles. The Hall–Kier alpha value is -1.43. The summed E-state index contributed by atoms with van der Waals surface area (Å²) in [5.74, 6) is 0.780. The highest BCUT2D eigenvalue weighted by molar-refractivity contribution is 5.78. The number of piperidine rings is 2. The summed E-state index contributed by atoms with van der Waals surface area (Å²) in [4.78, 5) is 18.9. The Kier molecular flexibility index (Phi) is 6.33. The Labute approximate surface area is 157 Å². The Bertz CT molecular complexity index is 584. The van der Waals surface area contributed by atoms with Crippen LogP contribution in [-0.2, 0) is 4.79 Å². The number of likely N-dealkylation sites (tertiary alicyclic amines) is 2. The molecule has 2 heterocycles. The SMILES string of the molecule is CN(C)CC1(O)CCCN(C(=O)CN2CCC(c3ccccc3)CC2)C1. The number of β-amino-alcohol motifs (C(OH)–C–C–N with tert-alkyl or cyclic N) is 1. The van der Waals surface area contributed by atoms with Gasteiger partial charge in [-0.15, -0.1) is 0 Å². The average Bonchev–Trinajstić information content (AvgIpc) is 2.62. The van der Waals surface area contributed by atoms with Crippen molar-refractivity contribution < 1.29 is 9.90 Å². The third-order valence-corrected chi connectivity index (χ3v) is 5.74. The summed E-state index contributed by atoms with van der Waals surface area (Å²) in [6.45, 7) is 4.28. The van der Waals surface area contributed by atoms with Crippen molar-refractivity contribution >= 4 is 5.91 Å². The lowest BCUT2D eigenvalue weighted by Crippen LogP contribution is -2.56. The molecule has 1 N–H and O–H groups in total. The van der Waals surface area contributed by atoms with E-state index in [4.69, 9.17) is 0 Å². The molecule has 2 saturated heterocycles. The molecule has 5 nitrogen and oxygen atoms in total. The first-order valence-corrected chi connectivity index (χ1v) is 9.87. The van der Waals surface area contributed by atoms with E-state index in [0.717, 1.165) is 45.3 Å². The summed E-state index contributed by atoms with van der Waals surface area (Å²) in [7, 11) is 3.94. The maximum atomic E-state index is 12.8. The second-order valence-electron chi connectivity index (χ2n) is 8.34. The second-order valence-corrected chi connectivity index (χ2v) is 8.34. The van der Waals surface area contributed by atoms with Crippen molar-refractivity contribution in [1.29, 1.82) is 0 Å². The van der Waals surface area contributed by atoms with Crippen LogP contribution in [0.4, 0.5) is 0 Å². The first-order chi connectivity index (χ1) is 12.5. The fraction of sp³-hybridized carbons (Fsp3) is 0.667. The lowest BCUT2D eigenvalue weighted by atomic mass is 9.89. The first kappa shape index (κ1) is 19.3. The molecule has 0 aliphatic carbocycles. The predicted octanol–water partition coefficient (Wildman–Crippen LogP) is 1.78. The van der Waals surface area contributed by atoms with Crippen molar-refractivity contribution in [2.75, 3.05) is 53.4 Å². The van der Waals surface area contributed by atoms with Gasteiger partial charge >= 0.3 is 0 Å². The molecule has 1 atom stereocenters. The van der Waals surface area contributed by atoms with Crippen molar-refractivity contribution in [1.82, 2.24) is 14.7 Å². The molecule has 0 saturated carbocycles. The highest BCUT2D eigenvalue weighted by Gasteiger charge is 2.36. The molecule has 26 heavy (non-hydrogen) atoms. The summed E-state index contributed by atoms with van der Waals surface area (Å²) in [5, 5.41) is 10.8. The number of rotatable bonds is 5. The molecule has 2 aliphatic rings. The predicted molar refractivity (Wildman–Crippen MR) is 104 cm³/mol. The minimum Gasteiger partial charge on any atom is -0.387 e. The van der Waals surface area contributed by atoms with Crippen LogP contribution in [0.5, 0.6) is 0 Å². The van der Waals surface area contributed by atoms with Crippen molar-refractivity contribution in [3.63, 3.8) is 0 Å². The fourth-order valence-electron chi connectivity index (χ4n) is 4.48. The van der Waals surface area contributed by atoms with Crippen LogP contribution in [0, 0.1) is 0 Å². The maximum absolute atomic E-state index is 12.8. The Morgan fingerprint density at radius 1 is 1.19 bits per heavy atom. The van der Waals surface area contributed by atoms with E-state index in [1.54, 1.807) is 0 Å². The van der Waals surface area contributed by atoms with Crippen LogP contribution in [0.3, 0.4) is 0 Å². The average molecular weight is 360 g/mol. The third-order valence-electron chi connectivity index (χ3n) is 5.74. The second kappa shape index (κ2) is 8.51. The van der Waals surface area contributed by atoms with Gasteiger partial charge in [0.25, 0.3) is 0 Å². The number of hydrogen-bond acceptors (Lipinski definition) is 4. The summed E-state index contributed by atoms with van der Waals surface area (Å²) < 4.78 is 0. The Balaban J connectivity index is 1.48. The van der Waals surface area contributed by atoms with Crippen LogP contribution in [-0.4, -0.2) is 84.7 Å². The molecule has 0 aromatic heterocycles. The molecular weight excluding hydrogens is 326 g/mol. The normalized spacial score (nSPS) is 25.6. The third kappa shape index (κ3) is 5.06. The molecule has 0 bridgehead atoms. The lowest BCUT2D eigenvalue weighted by molar-refractivity contribution is -0.140. The van der Waals surface area contributed by atoms with Crippen LogP contribution < -0.4 is 0 Å². The van der Waals surface area contributed by atoms with Crippen LogP contribution >= 0.6 is 0 Å². The van der Waals surface area contributed by atoms with Gasteiger partial charge in [-0.05, 0) is 64.3 Å². The van der Waals surface area contributed by atoms with Gasteiger partial charge in [0.2, 0.25) is 5.91 Å². The molecule has 5 heteroatoms. The van der Waals surface area contributed by atoms with E-state index in [9.17, 15) is 9.90 Å². The Morgan fingerprint density at radius 3 is 2.54 bits per heavy atom. The quantitative estimate of drug-likeness (QED) is 0.871. The lowest BCUT2D eigenvalue weighted by Gasteiger charge is -2.41. The number of carbonyl (C=O) groups excluding carboxylic acids is 1. The van der Waals surface area contributed by atoms with Gasteiger partial charge in [-0.1, -0.05) is 30.3 Å². The summed E-state index contributed by atoms with van der Waals surface area (Å²) in [6, 6.07) is 10.7.